The molecule has 1 atom stereocenters. The Morgan fingerprint density at radius 2 is 2.08 bits per heavy atom. The molecule has 8 heteroatoms. The standard InChI is InChI=1S/C18H22N2O5S/c1-3-4-7-17-18(21)19-15-11-14(8-9-16(15)25-17)26(22,23)20(2)12-13-6-5-10-24-13/h5-6,8-11,17H,3-4,7,12H2,1-2H3,(H,19,21)/t17-/m1/s1. The van der Waals surface area contributed by atoms with E-state index in [1.165, 1.54) is 29.7 Å². The molecule has 2 heterocycles. The fourth-order valence-electron chi connectivity index (χ4n) is 2.76. The summed E-state index contributed by atoms with van der Waals surface area (Å²) in [6.45, 7) is 2.17. The normalized spacial score (nSPS) is 16.9. The third kappa shape index (κ3) is 3.76. The summed E-state index contributed by atoms with van der Waals surface area (Å²) in [5, 5.41) is 2.75. The van der Waals surface area contributed by atoms with Crippen LogP contribution >= 0.6 is 0 Å². The zero-order valence-electron chi connectivity index (χ0n) is 14.8. The number of hydrogen-bond donors (Lipinski definition) is 1. The van der Waals surface area contributed by atoms with Gasteiger partial charge in [0.05, 0.1) is 23.4 Å². The van der Waals surface area contributed by atoms with E-state index < -0.39 is 16.1 Å². The van der Waals surface area contributed by atoms with E-state index in [2.05, 4.69) is 5.32 Å². The molecular formula is C18H22N2O5S. The van der Waals surface area contributed by atoms with Crippen molar-refractivity contribution in [2.45, 2.75) is 43.7 Å². The predicted molar refractivity (Wildman–Crippen MR) is 96.4 cm³/mol. The summed E-state index contributed by atoms with van der Waals surface area (Å²) in [6, 6.07) is 7.92. The fourth-order valence-corrected chi connectivity index (χ4v) is 3.92. The van der Waals surface area contributed by atoms with Crippen molar-refractivity contribution in [1.82, 2.24) is 4.31 Å². The SMILES string of the molecule is CCCC[C@H]1Oc2ccc(S(=O)(=O)N(C)Cc3ccco3)cc2NC1=O. The van der Waals surface area contributed by atoms with Crippen LogP contribution in [0.2, 0.25) is 0 Å². The van der Waals surface area contributed by atoms with Crippen LogP contribution < -0.4 is 10.1 Å². The Morgan fingerprint density at radius 3 is 2.77 bits per heavy atom. The van der Waals surface area contributed by atoms with E-state index in [1.54, 1.807) is 18.2 Å². The molecule has 1 N–H and O–H groups in total. The maximum atomic E-state index is 12.8. The quantitative estimate of drug-likeness (QED) is 0.800. The lowest BCUT2D eigenvalue weighted by atomic mass is 10.1. The highest BCUT2D eigenvalue weighted by atomic mass is 32.2. The van der Waals surface area contributed by atoms with Gasteiger partial charge in [0.2, 0.25) is 10.0 Å². The van der Waals surface area contributed by atoms with Gasteiger partial charge in [0.25, 0.3) is 5.91 Å². The lowest BCUT2D eigenvalue weighted by molar-refractivity contribution is -0.123. The van der Waals surface area contributed by atoms with Crippen molar-refractivity contribution in [3.05, 3.63) is 42.4 Å². The van der Waals surface area contributed by atoms with Crippen LogP contribution in [0.4, 0.5) is 5.69 Å². The molecule has 3 rings (SSSR count). The number of furan rings is 1. The number of amides is 1. The number of hydrogen-bond acceptors (Lipinski definition) is 5. The van der Waals surface area contributed by atoms with Crippen LogP contribution in [0.1, 0.15) is 31.9 Å². The maximum Gasteiger partial charge on any atom is 0.265 e. The highest BCUT2D eigenvalue weighted by molar-refractivity contribution is 7.89. The van der Waals surface area contributed by atoms with E-state index in [4.69, 9.17) is 9.15 Å². The highest BCUT2D eigenvalue weighted by Gasteiger charge is 2.29. The number of nitrogens with one attached hydrogen (secondary N) is 1. The van der Waals surface area contributed by atoms with E-state index >= 15 is 0 Å². The smallest absolute Gasteiger partial charge is 0.265 e. The molecule has 0 fully saturated rings. The number of ether oxygens (including phenoxy) is 1. The molecule has 1 aromatic carbocycles. The van der Waals surface area contributed by atoms with E-state index in [9.17, 15) is 13.2 Å². The Labute approximate surface area is 153 Å². The Balaban J connectivity index is 1.80. The number of rotatable bonds is 7. The number of unbranched alkanes of at least 4 members (excludes halogenated alkanes) is 1. The number of benzene rings is 1. The summed E-state index contributed by atoms with van der Waals surface area (Å²) < 4.78 is 37.6. The molecule has 1 aliphatic heterocycles. The van der Waals surface area contributed by atoms with E-state index in [1.807, 2.05) is 6.92 Å². The van der Waals surface area contributed by atoms with Crippen molar-refractivity contribution in [3.63, 3.8) is 0 Å². The van der Waals surface area contributed by atoms with Crippen LogP contribution in [0.15, 0.2) is 45.9 Å². The van der Waals surface area contributed by atoms with Crippen molar-refractivity contribution in [3.8, 4) is 5.75 Å². The van der Waals surface area contributed by atoms with E-state index in [-0.39, 0.29) is 17.3 Å². The first-order chi connectivity index (χ1) is 12.4. The van der Waals surface area contributed by atoms with Crippen molar-refractivity contribution < 1.29 is 22.4 Å². The average molecular weight is 378 g/mol. The summed E-state index contributed by atoms with van der Waals surface area (Å²) in [6.07, 6.45) is 3.45. The first-order valence-corrected chi connectivity index (χ1v) is 9.96. The van der Waals surface area contributed by atoms with Gasteiger partial charge in [-0.25, -0.2) is 8.42 Å². The Kier molecular flexibility index (Phi) is 5.33. The van der Waals surface area contributed by atoms with Crippen molar-refractivity contribution in [1.29, 1.82) is 0 Å². The minimum Gasteiger partial charge on any atom is -0.478 e. The molecule has 0 unspecified atom stereocenters. The molecule has 1 amide bonds. The third-order valence-corrected chi connectivity index (χ3v) is 6.06. The minimum atomic E-state index is -3.73. The van der Waals surface area contributed by atoms with Crippen LogP contribution in [0.5, 0.6) is 5.75 Å². The number of fused-ring (bicyclic) bond motifs is 1. The van der Waals surface area contributed by atoms with Crippen LogP contribution in [0.3, 0.4) is 0 Å². The Morgan fingerprint density at radius 1 is 1.27 bits per heavy atom. The molecular weight excluding hydrogens is 356 g/mol. The lowest BCUT2D eigenvalue weighted by Gasteiger charge is -2.26. The minimum absolute atomic E-state index is 0.0845. The molecule has 0 saturated heterocycles. The molecule has 2 aromatic rings. The molecule has 0 aliphatic carbocycles. The molecule has 1 aliphatic rings. The summed E-state index contributed by atoms with van der Waals surface area (Å²) >= 11 is 0. The van der Waals surface area contributed by atoms with E-state index in [0.29, 0.717) is 23.6 Å². The van der Waals surface area contributed by atoms with Gasteiger partial charge in [0.1, 0.15) is 11.5 Å². The summed E-state index contributed by atoms with van der Waals surface area (Å²) in [5.41, 5.74) is 0.371. The molecule has 0 saturated carbocycles. The summed E-state index contributed by atoms with van der Waals surface area (Å²) in [5.74, 6) is 0.784. The van der Waals surface area contributed by atoms with Crippen LogP contribution in [-0.4, -0.2) is 31.8 Å². The second-order valence-corrected chi connectivity index (χ2v) is 8.28. The lowest BCUT2D eigenvalue weighted by Crippen LogP contribution is -2.37. The monoisotopic (exact) mass is 378 g/mol. The first kappa shape index (κ1) is 18.5. The maximum absolute atomic E-state index is 12.8. The van der Waals surface area contributed by atoms with Crippen molar-refractivity contribution in [2.75, 3.05) is 12.4 Å². The van der Waals surface area contributed by atoms with Crippen molar-refractivity contribution in [2.24, 2.45) is 0 Å². The first-order valence-electron chi connectivity index (χ1n) is 8.52. The van der Waals surface area contributed by atoms with E-state index in [0.717, 1.165) is 12.8 Å². The number of nitrogens with zero attached hydrogens (tertiary/aromatic N) is 1. The number of anilines is 1. The molecule has 7 nitrogen and oxygen atoms in total. The van der Waals surface area contributed by atoms with Crippen LogP contribution in [-0.2, 0) is 21.4 Å². The second kappa shape index (κ2) is 7.51. The van der Waals surface area contributed by atoms with Gasteiger partial charge in [-0.3, -0.25) is 4.79 Å². The topological polar surface area (TPSA) is 88.8 Å². The average Bonchev–Trinajstić information content (AvgIpc) is 3.12. The predicted octanol–water partition coefficient (Wildman–Crippen LogP) is 2.99. The van der Waals surface area contributed by atoms with Gasteiger partial charge >= 0.3 is 0 Å². The van der Waals surface area contributed by atoms with Gasteiger partial charge in [-0.05, 0) is 43.2 Å². The molecule has 0 radical (unpaired) electrons. The van der Waals surface area contributed by atoms with Gasteiger partial charge in [-0.15, -0.1) is 0 Å². The highest BCUT2D eigenvalue weighted by Crippen LogP contribution is 2.33. The number of carbonyl (C=O) groups excluding carboxylic acids is 1. The van der Waals surface area contributed by atoms with Gasteiger partial charge in [-0.1, -0.05) is 13.3 Å². The molecule has 0 spiro atoms. The van der Waals surface area contributed by atoms with Gasteiger partial charge in [0, 0.05) is 7.05 Å². The fraction of sp³-hybridized carbons (Fsp3) is 0.389. The van der Waals surface area contributed by atoms with Crippen LogP contribution in [0, 0.1) is 0 Å². The molecule has 140 valence electrons. The summed E-state index contributed by atoms with van der Waals surface area (Å²) in [4.78, 5) is 12.2. The van der Waals surface area contributed by atoms with Gasteiger partial charge < -0.3 is 14.5 Å². The largest absolute Gasteiger partial charge is 0.478 e. The van der Waals surface area contributed by atoms with Gasteiger partial charge in [0.15, 0.2) is 6.10 Å². The molecule has 1 aromatic heterocycles. The zero-order valence-corrected chi connectivity index (χ0v) is 15.6. The number of sulfonamides is 1. The Hall–Kier alpha value is -2.32. The zero-order chi connectivity index (χ0) is 18.7. The molecule has 26 heavy (non-hydrogen) atoms. The van der Waals surface area contributed by atoms with Crippen molar-refractivity contribution >= 4 is 21.6 Å². The van der Waals surface area contributed by atoms with Crippen LogP contribution in [0.25, 0.3) is 0 Å². The second-order valence-electron chi connectivity index (χ2n) is 6.24. The molecule has 0 bridgehead atoms. The van der Waals surface area contributed by atoms with Gasteiger partial charge in [-0.2, -0.15) is 4.31 Å². The Bertz CT molecular complexity index is 877. The third-order valence-electron chi connectivity index (χ3n) is 4.26. The number of carbonyl (C=O) groups is 1. The summed E-state index contributed by atoms with van der Waals surface area (Å²) in [7, 11) is -2.25.